The van der Waals surface area contributed by atoms with E-state index in [-0.39, 0.29) is 17.5 Å². The van der Waals surface area contributed by atoms with Gasteiger partial charge in [-0.25, -0.2) is 8.78 Å². The van der Waals surface area contributed by atoms with Crippen LogP contribution >= 0.6 is 0 Å². The Morgan fingerprint density at radius 1 is 1.32 bits per heavy atom. The van der Waals surface area contributed by atoms with Crippen molar-refractivity contribution < 1.29 is 13.6 Å². The number of rotatable bonds is 4. The number of carbonyl (C=O) groups is 1. The van der Waals surface area contributed by atoms with Crippen molar-refractivity contribution in [1.29, 1.82) is 0 Å². The van der Waals surface area contributed by atoms with Gasteiger partial charge in [0, 0.05) is 30.8 Å². The van der Waals surface area contributed by atoms with E-state index in [1.54, 1.807) is 4.90 Å². The van der Waals surface area contributed by atoms with E-state index in [0.717, 1.165) is 25.8 Å². The van der Waals surface area contributed by atoms with Crippen LogP contribution in [0, 0.1) is 11.6 Å². The highest BCUT2D eigenvalue weighted by Gasteiger charge is 2.25. The maximum absolute atomic E-state index is 13.6. The molecule has 0 bridgehead atoms. The van der Waals surface area contributed by atoms with Crippen molar-refractivity contribution in [2.24, 2.45) is 0 Å². The van der Waals surface area contributed by atoms with E-state index in [1.165, 1.54) is 30.4 Å². The highest BCUT2D eigenvalue weighted by atomic mass is 19.1. The molecule has 120 valence electrons. The Balaban J connectivity index is 2.11. The van der Waals surface area contributed by atoms with Crippen LogP contribution in [0.15, 0.2) is 24.3 Å². The Morgan fingerprint density at radius 2 is 2.00 bits per heavy atom. The first kappa shape index (κ1) is 16.6. The molecule has 3 nitrogen and oxygen atoms in total. The standard InChI is InChI=1S/C17H22F2N2O/c1-20(2)12-13-6-3-4-11-21(13)17(22)10-9-14-15(18)7-5-8-16(14)19/h5,7-10,13H,3-4,6,11-12H2,1-2H3/b10-9+. The second-order valence-electron chi connectivity index (χ2n) is 5.91. The number of hydrogen-bond acceptors (Lipinski definition) is 2. The quantitative estimate of drug-likeness (QED) is 0.799. The highest BCUT2D eigenvalue weighted by molar-refractivity contribution is 5.92. The van der Waals surface area contributed by atoms with Crippen LogP contribution in [-0.4, -0.2) is 48.9 Å². The molecule has 1 aromatic rings. The number of carbonyl (C=O) groups excluding carboxylic acids is 1. The summed E-state index contributed by atoms with van der Waals surface area (Å²) in [5.74, 6) is -1.51. The van der Waals surface area contributed by atoms with Crippen LogP contribution in [0.1, 0.15) is 24.8 Å². The van der Waals surface area contributed by atoms with Gasteiger partial charge in [0.05, 0.1) is 0 Å². The third kappa shape index (κ3) is 4.13. The molecule has 5 heteroatoms. The number of halogens is 2. The van der Waals surface area contributed by atoms with Gasteiger partial charge in [0.15, 0.2) is 0 Å². The summed E-state index contributed by atoms with van der Waals surface area (Å²) in [6.07, 6.45) is 5.54. The lowest BCUT2D eigenvalue weighted by atomic mass is 10.0. The molecular formula is C17H22F2N2O. The molecule has 1 fully saturated rings. The van der Waals surface area contributed by atoms with Crippen molar-refractivity contribution in [3.63, 3.8) is 0 Å². The summed E-state index contributed by atoms with van der Waals surface area (Å²) in [7, 11) is 3.95. The number of nitrogens with zero attached hydrogens (tertiary/aromatic N) is 2. The number of likely N-dealkylation sites (tertiary alicyclic amines) is 1. The van der Waals surface area contributed by atoms with Gasteiger partial charge in [0.1, 0.15) is 11.6 Å². The Hall–Kier alpha value is -1.75. The minimum absolute atomic E-state index is 0.159. The molecule has 1 heterocycles. The largest absolute Gasteiger partial charge is 0.335 e. The van der Waals surface area contributed by atoms with E-state index in [4.69, 9.17) is 0 Å². The summed E-state index contributed by atoms with van der Waals surface area (Å²) in [6.45, 7) is 1.50. The second kappa shape index (κ2) is 7.49. The van der Waals surface area contributed by atoms with Gasteiger partial charge in [0.2, 0.25) is 5.91 Å². The molecule has 0 spiro atoms. The maximum atomic E-state index is 13.6. The lowest BCUT2D eigenvalue weighted by Crippen LogP contribution is -2.47. The van der Waals surface area contributed by atoms with Crippen molar-refractivity contribution in [1.82, 2.24) is 9.80 Å². The van der Waals surface area contributed by atoms with Crippen LogP contribution in [0.5, 0.6) is 0 Å². The van der Waals surface area contributed by atoms with E-state index in [2.05, 4.69) is 4.90 Å². The summed E-state index contributed by atoms with van der Waals surface area (Å²) < 4.78 is 27.1. The molecular weight excluding hydrogens is 286 g/mol. The summed E-state index contributed by atoms with van der Waals surface area (Å²) in [6, 6.07) is 3.83. The van der Waals surface area contributed by atoms with Crippen molar-refractivity contribution in [2.75, 3.05) is 27.2 Å². The molecule has 1 aromatic carbocycles. The van der Waals surface area contributed by atoms with Crippen LogP contribution in [0.2, 0.25) is 0 Å². The monoisotopic (exact) mass is 308 g/mol. The van der Waals surface area contributed by atoms with Gasteiger partial charge in [-0.15, -0.1) is 0 Å². The van der Waals surface area contributed by atoms with Crippen molar-refractivity contribution in [3.05, 3.63) is 41.5 Å². The Bertz CT molecular complexity index is 537. The zero-order valence-corrected chi connectivity index (χ0v) is 13.1. The topological polar surface area (TPSA) is 23.6 Å². The van der Waals surface area contributed by atoms with Gasteiger partial charge < -0.3 is 9.80 Å². The molecule has 0 aromatic heterocycles. The lowest BCUT2D eigenvalue weighted by molar-refractivity contribution is -0.129. The smallest absolute Gasteiger partial charge is 0.246 e. The van der Waals surface area contributed by atoms with E-state index in [1.807, 2.05) is 14.1 Å². The molecule has 1 aliphatic rings. The molecule has 2 rings (SSSR count). The molecule has 22 heavy (non-hydrogen) atoms. The summed E-state index contributed by atoms with van der Waals surface area (Å²) in [5.41, 5.74) is -0.169. The molecule has 1 unspecified atom stereocenters. The summed E-state index contributed by atoms with van der Waals surface area (Å²) in [4.78, 5) is 16.2. The van der Waals surface area contributed by atoms with Crippen LogP contribution in [-0.2, 0) is 4.79 Å². The predicted molar refractivity (Wildman–Crippen MR) is 83.3 cm³/mol. The van der Waals surface area contributed by atoms with E-state index in [9.17, 15) is 13.6 Å². The van der Waals surface area contributed by atoms with Gasteiger partial charge in [-0.1, -0.05) is 6.07 Å². The van der Waals surface area contributed by atoms with Gasteiger partial charge in [0.25, 0.3) is 0 Å². The Labute approximate surface area is 130 Å². The summed E-state index contributed by atoms with van der Waals surface area (Å²) in [5, 5.41) is 0. The van der Waals surface area contributed by atoms with Crippen molar-refractivity contribution in [2.45, 2.75) is 25.3 Å². The number of likely N-dealkylation sites (N-methyl/N-ethyl adjacent to an activating group) is 1. The van der Waals surface area contributed by atoms with Gasteiger partial charge in [-0.2, -0.15) is 0 Å². The molecule has 0 radical (unpaired) electrons. The first-order valence-corrected chi connectivity index (χ1v) is 7.56. The molecule has 0 N–H and O–H groups in total. The molecule has 0 saturated carbocycles. The van der Waals surface area contributed by atoms with E-state index >= 15 is 0 Å². The van der Waals surface area contributed by atoms with Crippen LogP contribution in [0.25, 0.3) is 6.08 Å². The van der Waals surface area contributed by atoms with E-state index < -0.39 is 11.6 Å². The van der Waals surface area contributed by atoms with Gasteiger partial charge in [-0.3, -0.25) is 4.79 Å². The molecule has 1 aliphatic heterocycles. The number of amides is 1. The zero-order valence-electron chi connectivity index (χ0n) is 13.1. The summed E-state index contributed by atoms with van der Waals surface area (Å²) >= 11 is 0. The molecule has 0 aliphatic carbocycles. The molecule has 1 amide bonds. The first-order chi connectivity index (χ1) is 10.5. The van der Waals surface area contributed by atoms with Gasteiger partial charge >= 0.3 is 0 Å². The number of benzene rings is 1. The minimum atomic E-state index is -0.660. The van der Waals surface area contributed by atoms with Gasteiger partial charge in [-0.05, 0) is 51.6 Å². The Morgan fingerprint density at radius 3 is 2.64 bits per heavy atom. The fourth-order valence-electron chi connectivity index (χ4n) is 2.82. The Kier molecular flexibility index (Phi) is 5.66. The first-order valence-electron chi connectivity index (χ1n) is 7.56. The van der Waals surface area contributed by atoms with Crippen LogP contribution in [0.3, 0.4) is 0 Å². The average molecular weight is 308 g/mol. The normalized spacial score (nSPS) is 19.1. The average Bonchev–Trinajstić information content (AvgIpc) is 2.46. The third-order valence-corrected chi connectivity index (χ3v) is 3.88. The lowest BCUT2D eigenvalue weighted by Gasteiger charge is -2.36. The number of hydrogen-bond donors (Lipinski definition) is 0. The molecule has 1 atom stereocenters. The van der Waals surface area contributed by atoms with Crippen molar-refractivity contribution in [3.8, 4) is 0 Å². The fourth-order valence-corrected chi connectivity index (χ4v) is 2.82. The van der Waals surface area contributed by atoms with Crippen LogP contribution in [0.4, 0.5) is 8.78 Å². The molecule has 1 saturated heterocycles. The highest BCUT2D eigenvalue weighted by Crippen LogP contribution is 2.19. The third-order valence-electron chi connectivity index (χ3n) is 3.88. The number of piperidine rings is 1. The zero-order chi connectivity index (χ0) is 16.1. The maximum Gasteiger partial charge on any atom is 0.246 e. The second-order valence-corrected chi connectivity index (χ2v) is 5.91. The van der Waals surface area contributed by atoms with Crippen LogP contribution < -0.4 is 0 Å². The fraction of sp³-hybridized carbons (Fsp3) is 0.471. The minimum Gasteiger partial charge on any atom is -0.335 e. The SMILES string of the molecule is CN(C)CC1CCCCN1C(=O)/C=C/c1c(F)cccc1F. The van der Waals surface area contributed by atoms with E-state index in [0.29, 0.717) is 6.54 Å². The predicted octanol–water partition coefficient (Wildman–Crippen LogP) is 2.92. The van der Waals surface area contributed by atoms with Crippen molar-refractivity contribution >= 4 is 12.0 Å².